The lowest BCUT2D eigenvalue weighted by molar-refractivity contribution is -0.0432. The molecular formula is C19H25NO2. The molecule has 0 saturated heterocycles. The lowest BCUT2D eigenvalue weighted by Crippen LogP contribution is -2.25. The quantitative estimate of drug-likeness (QED) is 0.688. The average molecular weight is 299 g/mol. The molecule has 3 N–H and O–H groups in total. The lowest BCUT2D eigenvalue weighted by Gasteiger charge is -2.22. The van der Waals surface area contributed by atoms with E-state index in [4.69, 9.17) is 0 Å². The minimum absolute atomic E-state index is 0.144. The van der Waals surface area contributed by atoms with Crippen LogP contribution in [0.5, 0.6) is 0 Å². The van der Waals surface area contributed by atoms with Gasteiger partial charge < -0.3 is 15.5 Å². The van der Waals surface area contributed by atoms with Gasteiger partial charge in [-0.1, -0.05) is 68.4 Å². The molecule has 0 bridgehead atoms. The van der Waals surface area contributed by atoms with Crippen LogP contribution in [0.1, 0.15) is 49.2 Å². The zero-order valence-corrected chi connectivity index (χ0v) is 13.2. The molecule has 0 aromatic heterocycles. The van der Waals surface area contributed by atoms with Crippen LogP contribution in [0, 0.1) is 0 Å². The van der Waals surface area contributed by atoms with Gasteiger partial charge >= 0.3 is 0 Å². The maximum absolute atomic E-state index is 9.65. The van der Waals surface area contributed by atoms with Gasteiger partial charge in [0.15, 0.2) is 6.29 Å². The Bertz CT molecular complexity index is 567. The van der Waals surface area contributed by atoms with E-state index < -0.39 is 6.29 Å². The molecule has 3 nitrogen and oxygen atoms in total. The Morgan fingerprint density at radius 3 is 2.05 bits per heavy atom. The second-order valence-corrected chi connectivity index (χ2v) is 5.86. The molecule has 0 amide bonds. The van der Waals surface area contributed by atoms with Crippen molar-refractivity contribution in [2.45, 2.75) is 38.5 Å². The molecule has 2 aromatic carbocycles. The van der Waals surface area contributed by atoms with Crippen molar-refractivity contribution in [1.82, 2.24) is 5.32 Å². The number of benzene rings is 2. The lowest BCUT2D eigenvalue weighted by atomic mass is 9.85. The fraction of sp³-hybridized carbons (Fsp3) is 0.368. The molecule has 3 heteroatoms. The van der Waals surface area contributed by atoms with Crippen LogP contribution in [-0.4, -0.2) is 22.8 Å². The number of nitrogens with one attached hydrogen (secondary N) is 1. The van der Waals surface area contributed by atoms with Gasteiger partial charge in [0.1, 0.15) is 0 Å². The van der Waals surface area contributed by atoms with Crippen LogP contribution >= 0.6 is 0 Å². The molecular weight excluding hydrogens is 274 g/mol. The van der Waals surface area contributed by atoms with Gasteiger partial charge in [0, 0.05) is 17.5 Å². The Kier molecular flexibility index (Phi) is 6.13. The SMILES string of the molecule is CC(C)NCC[C@H](c1ccccc1)c1ccccc1C(O)O. The summed E-state index contributed by atoms with van der Waals surface area (Å²) in [5, 5.41) is 22.7. The second kappa shape index (κ2) is 8.08. The molecule has 1 atom stereocenters. The summed E-state index contributed by atoms with van der Waals surface area (Å²) >= 11 is 0. The Balaban J connectivity index is 2.32. The molecule has 2 rings (SSSR count). The van der Waals surface area contributed by atoms with E-state index in [2.05, 4.69) is 31.3 Å². The van der Waals surface area contributed by atoms with Crippen LogP contribution in [0.3, 0.4) is 0 Å². The van der Waals surface area contributed by atoms with E-state index >= 15 is 0 Å². The van der Waals surface area contributed by atoms with E-state index in [0.29, 0.717) is 11.6 Å². The average Bonchev–Trinajstić information content (AvgIpc) is 2.52. The van der Waals surface area contributed by atoms with Crippen LogP contribution in [0.2, 0.25) is 0 Å². The summed E-state index contributed by atoms with van der Waals surface area (Å²) in [7, 11) is 0. The smallest absolute Gasteiger partial charge is 0.178 e. The summed E-state index contributed by atoms with van der Waals surface area (Å²) in [6.07, 6.45) is -0.535. The molecule has 0 saturated carbocycles. The molecule has 0 fully saturated rings. The summed E-state index contributed by atoms with van der Waals surface area (Å²) in [6, 6.07) is 18.2. The van der Waals surface area contributed by atoms with Crippen molar-refractivity contribution in [1.29, 1.82) is 0 Å². The third-order valence-corrected chi connectivity index (χ3v) is 3.84. The Hall–Kier alpha value is -1.68. The second-order valence-electron chi connectivity index (χ2n) is 5.86. The monoisotopic (exact) mass is 299 g/mol. The van der Waals surface area contributed by atoms with Crippen LogP contribution in [-0.2, 0) is 0 Å². The zero-order valence-electron chi connectivity index (χ0n) is 13.2. The topological polar surface area (TPSA) is 52.5 Å². The Morgan fingerprint density at radius 1 is 0.864 bits per heavy atom. The predicted octanol–water partition coefficient (Wildman–Crippen LogP) is 3.19. The van der Waals surface area contributed by atoms with Crippen LogP contribution in [0.15, 0.2) is 54.6 Å². The standard InChI is InChI=1S/C19H25NO2/c1-14(2)20-13-12-16(15-8-4-3-5-9-15)17-10-6-7-11-18(17)19(21)22/h3-11,14,16,19-22H,12-13H2,1-2H3/t16-/m1/s1. The molecule has 0 unspecified atom stereocenters. The molecule has 0 aliphatic heterocycles. The zero-order chi connectivity index (χ0) is 15.9. The largest absolute Gasteiger partial charge is 0.364 e. The van der Waals surface area contributed by atoms with Gasteiger partial charge in [-0.3, -0.25) is 0 Å². The predicted molar refractivity (Wildman–Crippen MR) is 89.7 cm³/mol. The van der Waals surface area contributed by atoms with Crippen molar-refractivity contribution in [3.8, 4) is 0 Å². The van der Waals surface area contributed by atoms with Crippen molar-refractivity contribution in [3.05, 3.63) is 71.3 Å². The Labute approximate surface area is 132 Å². The van der Waals surface area contributed by atoms with E-state index in [1.807, 2.05) is 36.4 Å². The maximum Gasteiger partial charge on any atom is 0.178 e. The van der Waals surface area contributed by atoms with Gasteiger partial charge in [-0.15, -0.1) is 0 Å². The summed E-state index contributed by atoms with van der Waals surface area (Å²) in [6.45, 7) is 5.14. The number of hydrogen-bond acceptors (Lipinski definition) is 3. The number of hydrogen-bond donors (Lipinski definition) is 3. The van der Waals surface area contributed by atoms with Gasteiger partial charge in [-0.2, -0.15) is 0 Å². The van der Waals surface area contributed by atoms with E-state index in [1.165, 1.54) is 5.56 Å². The van der Waals surface area contributed by atoms with Crippen molar-refractivity contribution in [2.75, 3.05) is 6.54 Å². The molecule has 22 heavy (non-hydrogen) atoms. The minimum Gasteiger partial charge on any atom is -0.364 e. The summed E-state index contributed by atoms with van der Waals surface area (Å²) in [4.78, 5) is 0. The normalized spacial score (nSPS) is 12.8. The van der Waals surface area contributed by atoms with Crippen LogP contribution in [0.4, 0.5) is 0 Å². The minimum atomic E-state index is -1.44. The molecule has 0 spiro atoms. The summed E-state index contributed by atoms with van der Waals surface area (Å²) < 4.78 is 0. The third kappa shape index (κ3) is 4.41. The van der Waals surface area contributed by atoms with Crippen LogP contribution < -0.4 is 5.32 Å². The van der Waals surface area contributed by atoms with Crippen molar-refractivity contribution in [3.63, 3.8) is 0 Å². The van der Waals surface area contributed by atoms with Crippen molar-refractivity contribution < 1.29 is 10.2 Å². The highest BCUT2D eigenvalue weighted by molar-refractivity contribution is 5.38. The highest BCUT2D eigenvalue weighted by Crippen LogP contribution is 2.32. The molecule has 0 aliphatic carbocycles. The molecule has 0 radical (unpaired) electrons. The first-order valence-corrected chi connectivity index (χ1v) is 7.83. The van der Waals surface area contributed by atoms with E-state index in [9.17, 15) is 10.2 Å². The van der Waals surface area contributed by atoms with Gasteiger partial charge in [-0.05, 0) is 24.1 Å². The fourth-order valence-corrected chi connectivity index (χ4v) is 2.77. The van der Waals surface area contributed by atoms with Gasteiger partial charge in [-0.25, -0.2) is 0 Å². The van der Waals surface area contributed by atoms with Gasteiger partial charge in [0.25, 0.3) is 0 Å². The summed E-state index contributed by atoms with van der Waals surface area (Å²) in [5.41, 5.74) is 2.76. The number of aliphatic hydroxyl groups excluding tert-OH is 1. The molecule has 0 heterocycles. The first kappa shape index (κ1) is 16.7. The first-order chi connectivity index (χ1) is 10.6. The number of rotatable bonds is 7. The highest BCUT2D eigenvalue weighted by Gasteiger charge is 2.19. The van der Waals surface area contributed by atoms with Gasteiger partial charge in [0.2, 0.25) is 0 Å². The third-order valence-electron chi connectivity index (χ3n) is 3.84. The molecule has 0 aliphatic rings. The van der Waals surface area contributed by atoms with Crippen molar-refractivity contribution >= 4 is 0 Å². The Morgan fingerprint density at radius 2 is 1.45 bits per heavy atom. The number of aliphatic hydroxyl groups is 2. The van der Waals surface area contributed by atoms with E-state index in [0.717, 1.165) is 18.5 Å². The maximum atomic E-state index is 9.65. The van der Waals surface area contributed by atoms with Gasteiger partial charge in [0.05, 0.1) is 0 Å². The first-order valence-electron chi connectivity index (χ1n) is 7.83. The highest BCUT2D eigenvalue weighted by atomic mass is 16.5. The van der Waals surface area contributed by atoms with E-state index in [-0.39, 0.29) is 5.92 Å². The summed E-state index contributed by atoms with van der Waals surface area (Å²) in [5.74, 6) is 0.144. The van der Waals surface area contributed by atoms with Crippen molar-refractivity contribution in [2.24, 2.45) is 0 Å². The fourth-order valence-electron chi connectivity index (χ4n) is 2.77. The molecule has 2 aromatic rings. The van der Waals surface area contributed by atoms with Crippen LogP contribution in [0.25, 0.3) is 0 Å². The molecule has 118 valence electrons. The van der Waals surface area contributed by atoms with E-state index in [1.54, 1.807) is 6.07 Å².